The Labute approximate surface area is 135 Å². The van der Waals surface area contributed by atoms with Gasteiger partial charge in [-0.15, -0.1) is 0 Å². The number of azide groups is 1. The lowest BCUT2D eigenvalue weighted by Gasteiger charge is -2.18. The van der Waals surface area contributed by atoms with Crippen LogP contribution in [0.2, 0.25) is 0 Å². The topological polar surface area (TPSA) is 148 Å². The highest BCUT2D eigenvalue weighted by atomic mass is 16.6. The zero-order valence-corrected chi connectivity index (χ0v) is 12.7. The molecule has 0 unspecified atom stereocenters. The van der Waals surface area contributed by atoms with Crippen LogP contribution in [0.1, 0.15) is 29.7 Å². The van der Waals surface area contributed by atoms with Crippen molar-refractivity contribution in [3.8, 4) is 0 Å². The highest BCUT2D eigenvalue weighted by Crippen LogP contribution is 2.43. The molecule has 0 radical (unpaired) electrons. The predicted molar refractivity (Wildman–Crippen MR) is 85.2 cm³/mol. The average Bonchev–Trinajstić information content (AvgIpc) is 2.54. The Hall–Kier alpha value is -3.26. The van der Waals surface area contributed by atoms with Crippen LogP contribution in [0, 0.1) is 27.2 Å². The number of benzene rings is 1. The van der Waals surface area contributed by atoms with Gasteiger partial charge in [-0.3, -0.25) is 20.2 Å². The summed E-state index contributed by atoms with van der Waals surface area (Å²) in [5.41, 5.74) is 9.93. The SMILES string of the molecule is Cc1nc2c3c(c([N+](=O)[O-])cc2c(N=[N+]=[N-])c1[N+](=O)[O-])CCCC3. The van der Waals surface area contributed by atoms with Gasteiger partial charge in [0.15, 0.2) is 0 Å². The fourth-order valence-electron chi connectivity index (χ4n) is 3.26. The van der Waals surface area contributed by atoms with Crippen LogP contribution in [0.5, 0.6) is 0 Å². The van der Waals surface area contributed by atoms with Gasteiger partial charge in [-0.2, -0.15) is 0 Å². The van der Waals surface area contributed by atoms with Gasteiger partial charge >= 0.3 is 5.69 Å². The van der Waals surface area contributed by atoms with Crippen LogP contribution in [0.3, 0.4) is 0 Å². The second-order valence-electron chi connectivity index (χ2n) is 5.55. The fraction of sp³-hybridized carbons (Fsp3) is 0.357. The Morgan fingerprint density at radius 1 is 1.21 bits per heavy atom. The molecule has 24 heavy (non-hydrogen) atoms. The number of nitro groups is 2. The van der Waals surface area contributed by atoms with Crippen molar-refractivity contribution < 1.29 is 9.85 Å². The zero-order valence-electron chi connectivity index (χ0n) is 12.7. The smallest absolute Gasteiger partial charge is 0.258 e. The predicted octanol–water partition coefficient (Wildman–Crippen LogP) is 4.18. The number of nitro benzene ring substituents is 1. The zero-order chi connectivity index (χ0) is 17.4. The molecule has 0 spiro atoms. The molecular formula is C14H12N6O4. The molecule has 0 N–H and O–H groups in total. The third-order valence-corrected chi connectivity index (χ3v) is 4.22. The van der Waals surface area contributed by atoms with Crippen molar-refractivity contribution in [2.45, 2.75) is 32.6 Å². The fourth-order valence-corrected chi connectivity index (χ4v) is 3.26. The van der Waals surface area contributed by atoms with E-state index in [9.17, 15) is 20.2 Å². The summed E-state index contributed by atoms with van der Waals surface area (Å²) in [5.74, 6) is 0. The second-order valence-corrected chi connectivity index (χ2v) is 5.55. The van der Waals surface area contributed by atoms with E-state index in [0.29, 0.717) is 23.9 Å². The quantitative estimate of drug-likeness (QED) is 0.272. The Kier molecular flexibility index (Phi) is 3.74. The van der Waals surface area contributed by atoms with E-state index >= 15 is 0 Å². The van der Waals surface area contributed by atoms with Gasteiger partial charge in [0, 0.05) is 21.9 Å². The highest BCUT2D eigenvalue weighted by molar-refractivity contribution is 5.99. The minimum atomic E-state index is -0.683. The molecule has 0 saturated heterocycles. The minimum absolute atomic E-state index is 0.105. The van der Waals surface area contributed by atoms with E-state index in [1.54, 1.807) is 0 Å². The van der Waals surface area contributed by atoms with Crippen molar-refractivity contribution >= 4 is 28.0 Å². The molecule has 0 saturated carbocycles. The number of hydrogen-bond donors (Lipinski definition) is 0. The van der Waals surface area contributed by atoms with Crippen molar-refractivity contribution in [2.75, 3.05) is 0 Å². The van der Waals surface area contributed by atoms with E-state index < -0.39 is 15.5 Å². The van der Waals surface area contributed by atoms with Gasteiger partial charge < -0.3 is 0 Å². The summed E-state index contributed by atoms with van der Waals surface area (Å²) in [6, 6.07) is 1.24. The maximum absolute atomic E-state index is 11.4. The van der Waals surface area contributed by atoms with Gasteiger partial charge in [-0.25, -0.2) is 4.98 Å². The molecule has 10 heteroatoms. The average molecular weight is 328 g/mol. The summed E-state index contributed by atoms with van der Waals surface area (Å²) in [6.07, 6.45) is 2.87. The van der Waals surface area contributed by atoms with E-state index in [1.165, 1.54) is 13.0 Å². The molecule has 3 rings (SSSR count). The number of rotatable bonds is 3. The highest BCUT2D eigenvalue weighted by Gasteiger charge is 2.29. The van der Waals surface area contributed by atoms with Gasteiger partial charge in [-0.1, -0.05) is 5.11 Å². The minimum Gasteiger partial charge on any atom is -0.258 e. The van der Waals surface area contributed by atoms with Crippen molar-refractivity contribution in [3.63, 3.8) is 0 Å². The molecule has 0 atom stereocenters. The Bertz CT molecular complexity index is 948. The number of aromatic nitrogens is 1. The second kappa shape index (κ2) is 5.74. The first kappa shape index (κ1) is 15.6. The van der Waals surface area contributed by atoms with Crippen molar-refractivity contribution in [1.29, 1.82) is 0 Å². The normalized spacial score (nSPS) is 13.2. The molecule has 1 aliphatic carbocycles. The summed E-state index contributed by atoms with van der Waals surface area (Å²) in [4.78, 5) is 28.5. The summed E-state index contributed by atoms with van der Waals surface area (Å²) < 4.78 is 0. The lowest BCUT2D eigenvalue weighted by molar-refractivity contribution is -0.385. The number of fused-ring (bicyclic) bond motifs is 3. The van der Waals surface area contributed by atoms with Gasteiger partial charge in [0.2, 0.25) is 0 Å². The molecule has 122 valence electrons. The molecular weight excluding hydrogens is 316 g/mol. The van der Waals surface area contributed by atoms with Gasteiger partial charge in [0.25, 0.3) is 5.69 Å². The number of hydrogen-bond acceptors (Lipinski definition) is 6. The molecule has 2 aromatic rings. The maximum Gasteiger partial charge on any atom is 0.300 e. The monoisotopic (exact) mass is 328 g/mol. The Morgan fingerprint density at radius 3 is 2.46 bits per heavy atom. The van der Waals surface area contributed by atoms with Crippen LogP contribution in [0.4, 0.5) is 17.1 Å². The lowest BCUT2D eigenvalue weighted by Crippen LogP contribution is -2.09. The number of pyridine rings is 1. The number of aryl methyl sites for hydroxylation is 2. The largest absolute Gasteiger partial charge is 0.300 e. The molecule has 0 amide bonds. The van der Waals surface area contributed by atoms with Crippen LogP contribution in [0.25, 0.3) is 21.3 Å². The van der Waals surface area contributed by atoms with Crippen LogP contribution in [0.15, 0.2) is 11.2 Å². The van der Waals surface area contributed by atoms with Crippen molar-refractivity contribution in [3.05, 3.63) is 53.6 Å². The lowest BCUT2D eigenvalue weighted by atomic mass is 9.87. The summed E-state index contributed by atoms with van der Waals surface area (Å²) in [5, 5.41) is 26.3. The van der Waals surface area contributed by atoms with Crippen LogP contribution in [-0.2, 0) is 12.8 Å². The molecule has 10 nitrogen and oxygen atoms in total. The van der Waals surface area contributed by atoms with Crippen LogP contribution >= 0.6 is 0 Å². The maximum atomic E-state index is 11.4. The van der Waals surface area contributed by atoms with Crippen molar-refractivity contribution in [2.24, 2.45) is 5.11 Å². The van der Waals surface area contributed by atoms with E-state index in [-0.39, 0.29) is 22.5 Å². The molecule has 1 heterocycles. The first-order chi connectivity index (χ1) is 11.5. The third kappa shape index (κ3) is 2.29. The summed E-state index contributed by atoms with van der Waals surface area (Å²) in [7, 11) is 0. The Balaban J connectivity index is 2.54. The molecule has 0 bridgehead atoms. The first-order valence-corrected chi connectivity index (χ1v) is 7.28. The van der Waals surface area contributed by atoms with E-state index in [2.05, 4.69) is 15.0 Å². The van der Waals surface area contributed by atoms with Crippen LogP contribution < -0.4 is 0 Å². The van der Waals surface area contributed by atoms with Gasteiger partial charge in [0.05, 0.1) is 15.4 Å². The molecule has 0 fully saturated rings. The summed E-state index contributed by atoms with van der Waals surface area (Å²) >= 11 is 0. The van der Waals surface area contributed by atoms with Crippen molar-refractivity contribution in [1.82, 2.24) is 4.98 Å². The first-order valence-electron chi connectivity index (χ1n) is 7.28. The van der Waals surface area contributed by atoms with Crippen LogP contribution in [-0.4, -0.2) is 14.8 Å². The third-order valence-electron chi connectivity index (χ3n) is 4.22. The number of nitrogens with zero attached hydrogens (tertiary/aromatic N) is 6. The Morgan fingerprint density at radius 2 is 1.88 bits per heavy atom. The van der Waals surface area contributed by atoms with E-state index in [4.69, 9.17) is 5.53 Å². The molecule has 1 aromatic carbocycles. The summed E-state index contributed by atoms with van der Waals surface area (Å²) in [6.45, 7) is 1.46. The molecule has 1 aromatic heterocycles. The molecule has 0 aliphatic heterocycles. The standard InChI is InChI=1S/C14H12N6O4/c1-7-14(20(23)24)13(17-18-15)10-6-11(19(21)22)8-4-2-3-5-9(8)12(10)16-7/h6H,2-5H2,1H3. The van der Waals surface area contributed by atoms with E-state index in [1.807, 2.05) is 0 Å². The van der Waals surface area contributed by atoms with E-state index in [0.717, 1.165) is 18.4 Å². The van der Waals surface area contributed by atoms with Gasteiger partial charge in [0.1, 0.15) is 11.4 Å². The van der Waals surface area contributed by atoms with Gasteiger partial charge in [-0.05, 0) is 43.7 Å². The molecule has 1 aliphatic rings.